The lowest BCUT2D eigenvalue weighted by molar-refractivity contribution is -0.148. The maximum atomic E-state index is 12.8. The Bertz CT molecular complexity index is 1070. The topological polar surface area (TPSA) is 116 Å². The number of β-amino-alcohol motifs (C(OH)–C–C–N with tert-alkyl or cyclic N) is 1. The molecule has 2 aromatic carbocycles. The van der Waals surface area contributed by atoms with E-state index in [2.05, 4.69) is 29.6 Å². The highest BCUT2D eigenvalue weighted by Gasteiger charge is 2.41. The monoisotopic (exact) mass is 464 g/mol. The van der Waals surface area contributed by atoms with Crippen LogP contribution in [-0.4, -0.2) is 64.4 Å². The summed E-state index contributed by atoms with van der Waals surface area (Å²) in [7, 11) is 0. The molecule has 0 bridgehead atoms. The second-order valence-corrected chi connectivity index (χ2v) is 9.41. The summed E-state index contributed by atoms with van der Waals surface area (Å²) in [6, 6.07) is 14.7. The fourth-order valence-corrected chi connectivity index (χ4v) is 5.25. The first-order chi connectivity index (χ1) is 16.4. The van der Waals surface area contributed by atoms with E-state index in [4.69, 9.17) is 4.74 Å². The van der Waals surface area contributed by atoms with Gasteiger partial charge in [0.15, 0.2) is 0 Å². The average molecular weight is 465 g/mol. The first-order valence-electron chi connectivity index (χ1n) is 11.7. The van der Waals surface area contributed by atoms with Crippen molar-refractivity contribution in [2.45, 2.75) is 49.8 Å². The summed E-state index contributed by atoms with van der Waals surface area (Å²) < 4.78 is 5.62. The van der Waals surface area contributed by atoms with Crippen molar-refractivity contribution in [3.63, 3.8) is 0 Å². The third-order valence-corrected chi connectivity index (χ3v) is 7.12. The summed E-state index contributed by atoms with van der Waals surface area (Å²) in [6.45, 7) is 0.183. The molecule has 2 fully saturated rings. The Balaban J connectivity index is 1.22. The minimum absolute atomic E-state index is 0.00185. The van der Waals surface area contributed by atoms with Crippen molar-refractivity contribution >= 4 is 18.0 Å². The Kier molecular flexibility index (Phi) is 6.00. The third kappa shape index (κ3) is 4.37. The van der Waals surface area contributed by atoms with Gasteiger partial charge >= 0.3 is 12.1 Å². The number of aliphatic hydroxyl groups is 1. The van der Waals surface area contributed by atoms with Crippen molar-refractivity contribution in [3.05, 3.63) is 59.7 Å². The molecular weight excluding hydrogens is 436 g/mol. The van der Waals surface area contributed by atoms with Gasteiger partial charge in [0.05, 0.1) is 6.10 Å². The van der Waals surface area contributed by atoms with Crippen LogP contribution >= 0.6 is 0 Å². The smallest absolute Gasteiger partial charge is 0.407 e. The number of carboxylic acids is 1. The number of rotatable bonds is 7. The van der Waals surface area contributed by atoms with Gasteiger partial charge in [-0.25, -0.2) is 9.59 Å². The Morgan fingerprint density at radius 3 is 2.24 bits per heavy atom. The molecule has 1 aliphatic heterocycles. The van der Waals surface area contributed by atoms with Crippen molar-refractivity contribution in [3.8, 4) is 11.1 Å². The Morgan fingerprint density at radius 2 is 1.65 bits per heavy atom. The standard InChI is InChI=1S/C26H28N2O6/c29-16-11-23(25(31)32)28(13-16)24(30)12-22(15-9-10-15)27-26(33)34-14-21-19-7-3-1-5-17(19)18-6-2-4-8-20(18)21/h1-8,15-16,21-23,29H,9-14H2,(H,27,33)(H,31,32)/t16-,22?,23+/m1/s1. The Morgan fingerprint density at radius 1 is 1.03 bits per heavy atom. The Labute approximate surface area is 197 Å². The number of nitrogens with one attached hydrogen (secondary N) is 1. The molecule has 8 nitrogen and oxygen atoms in total. The van der Waals surface area contributed by atoms with Gasteiger partial charge in [-0.15, -0.1) is 0 Å². The maximum absolute atomic E-state index is 12.8. The van der Waals surface area contributed by atoms with Gasteiger partial charge in [-0.1, -0.05) is 48.5 Å². The van der Waals surface area contributed by atoms with Gasteiger partial charge in [-0.3, -0.25) is 4.79 Å². The van der Waals surface area contributed by atoms with Crippen LogP contribution in [0.3, 0.4) is 0 Å². The molecule has 0 spiro atoms. The summed E-state index contributed by atoms with van der Waals surface area (Å²) in [5.74, 6) is -1.39. The zero-order valence-electron chi connectivity index (χ0n) is 18.7. The van der Waals surface area contributed by atoms with E-state index in [1.807, 2.05) is 24.3 Å². The predicted octanol–water partition coefficient (Wildman–Crippen LogP) is 2.74. The number of ether oxygens (including phenoxy) is 1. The highest BCUT2D eigenvalue weighted by molar-refractivity contribution is 5.85. The van der Waals surface area contributed by atoms with E-state index in [9.17, 15) is 24.6 Å². The van der Waals surface area contributed by atoms with Crippen molar-refractivity contribution < 1.29 is 29.3 Å². The Hall–Kier alpha value is -3.39. The summed E-state index contributed by atoms with van der Waals surface area (Å²) >= 11 is 0. The van der Waals surface area contributed by atoms with E-state index >= 15 is 0 Å². The fraction of sp³-hybridized carbons (Fsp3) is 0.423. The van der Waals surface area contributed by atoms with Crippen LogP contribution in [0.2, 0.25) is 0 Å². The van der Waals surface area contributed by atoms with Crippen LogP contribution in [0.15, 0.2) is 48.5 Å². The zero-order valence-corrected chi connectivity index (χ0v) is 18.7. The van der Waals surface area contributed by atoms with Crippen LogP contribution in [0.4, 0.5) is 4.79 Å². The minimum atomic E-state index is -1.13. The van der Waals surface area contributed by atoms with Crippen molar-refractivity contribution in [2.75, 3.05) is 13.2 Å². The SMILES string of the molecule is O=C(NC(CC(=O)N1C[C@H](O)C[C@H]1C(=O)O)C1CC1)OCC1c2ccccc2-c2ccccc21. The van der Waals surface area contributed by atoms with Gasteiger partial charge in [0.25, 0.3) is 0 Å². The van der Waals surface area contributed by atoms with Gasteiger partial charge in [0, 0.05) is 31.3 Å². The first kappa shape index (κ1) is 22.4. The van der Waals surface area contributed by atoms with Crippen molar-refractivity contribution in [1.82, 2.24) is 10.2 Å². The second kappa shape index (κ2) is 9.10. The molecule has 1 unspecified atom stereocenters. The molecule has 1 heterocycles. The molecule has 2 aliphatic carbocycles. The van der Waals surface area contributed by atoms with E-state index in [1.54, 1.807) is 0 Å². The molecule has 1 saturated heterocycles. The van der Waals surface area contributed by atoms with E-state index < -0.39 is 30.3 Å². The number of benzene rings is 2. The number of alkyl carbamates (subject to hydrolysis) is 1. The number of hydrogen-bond acceptors (Lipinski definition) is 5. The van der Waals surface area contributed by atoms with Gasteiger partial charge < -0.3 is 25.2 Å². The quantitative estimate of drug-likeness (QED) is 0.580. The minimum Gasteiger partial charge on any atom is -0.480 e. The molecule has 0 aromatic heterocycles. The molecule has 178 valence electrons. The number of fused-ring (bicyclic) bond motifs is 3. The third-order valence-electron chi connectivity index (χ3n) is 7.12. The number of amides is 2. The molecule has 3 aliphatic rings. The van der Waals surface area contributed by atoms with Crippen LogP contribution in [0.5, 0.6) is 0 Å². The largest absolute Gasteiger partial charge is 0.480 e. The number of carbonyl (C=O) groups is 3. The van der Waals surface area contributed by atoms with Crippen LogP contribution in [-0.2, 0) is 14.3 Å². The number of aliphatic carboxylic acids is 1. The molecule has 2 amide bonds. The molecule has 1 saturated carbocycles. The number of hydrogen-bond donors (Lipinski definition) is 3. The van der Waals surface area contributed by atoms with E-state index in [0.717, 1.165) is 35.1 Å². The molecule has 3 atom stereocenters. The first-order valence-corrected chi connectivity index (χ1v) is 11.7. The lowest BCUT2D eigenvalue weighted by Crippen LogP contribution is -2.45. The molecule has 5 rings (SSSR count). The summed E-state index contributed by atoms with van der Waals surface area (Å²) in [4.78, 5) is 38.2. The molecule has 0 radical (unpaired) electrons. The number of nitrogens with zero attached hydrogens (tertiary/aromatic N) is 1. The van der Waals surface area contributed by atoms with Gasteiger partial charge in [-0.05, 0) is 41.0 Å². The zero-order chi connectivity index (χ0) is 23.8. The molecular formula is C26H28N2O6. The van der Waals surface area contributed by atoms with Crippen LogP contribution < -0.4 is 5.32 Å². The summed E-state index contributed by atoms with van der Waals surface area (Å²) in [6.07, 6.45) is 0.377. The normalized spacial score (nSPS) is 22.1. The molecule has 3 N–H and O–H groups in total. The highest BCUT2D eigenvalue weighted by atomic mass is 16.5. The van der Waals surface area contributed by atoms with E-state index in [0.29, 0.717) is 0 Å². The number of likely N-dealkylation sites (tertiary alicyclic amines) is 1. The van der Waals surface area contributed by atoms with Crippen molar-refractivity contribution in [1.29, 1.82) is 0 Å². The molecule has 34 heavy (non-hydrogen) atoms. The number of aliphatic hydroxyl groups excluding tert-OH is 1. The maximum Gasteiger partial charge on any atom is 0.407 e. The number of carbonyl (C=O) groups excluding carboxylic acids is 2. The van der Waals surface area contributed by atoms with E-state index in [-0.39, 0.29) is 43.7 Å². The molecule has 2 aromatic rings. The molecule has 8 heteroatoms. The highest BCUT2D eigenvalue weighted by Crippen LogP contribution is 2.44. The van der Waals surface area contributed by atoms with Crippen LogP contribution in [0, 0.1) is 5.92 Å². The lowest BCUT2D eigenvalue weighted by Gasteiger charge is -2.25. The van der Waals surface area contributed by atoms with Crippen LogP contribution in [0.25, 0.3) is 11.1 Å². The predicted molar refractivity (Wildman–Crippen MR) is 123 cm³/mol. The lowest BCUT2D eigenvalue weighted by atomic mass is 9.98. The number of carboxylic acid groups (broad SMARTS) is 1. The van der Waals surface area contributed by atoms with Crippen LogP contribution in [0.1, 0.15) is 42.7 Å². The van der Waals surface area contributed by atoms with E-state index in [1.165, 1.54) is 4.90 Å². The summed E-state index contributed by atoms with van der Waals surface area (Å²) in [5, 5.41) is 22.0. The van der Waals surface area contributed by atoms with Crippen molar-refractivity contribution in [2.24, 2.45) is 5.92 Å². The van der Waals surface area contributed by atoms with Gasteiger partial charge in [0.2, 0.25) is 5.91 Å². The summed E-state index contributed by atoms with van der Waals surface area (Å²) in [5.41, 5.74) is 4.54. The second-order valence-electron chi connectivity index (χ2n) is 9.41. The fourth-order valence-electron chi connectivity index (χ4n) is 5.25. The van der Waals surface area contributed by atoms with Gasteiger partial charge in [0.1, 0.15) is 12.6 Å². The van der Waals surface area contributed by atoms with Gasteiger partial charge in [-0.2, -0.15) is 0 Å². The average Bonchev–Trinajstić information content (AvgIpc) is 3.52.